The maximum absolute atomic E-state index is 5.09. The van der Waals surface area contributed by atoms with E-state index >= 15 is 0 Å². The van der Waals surface area contributed by atoms with Crippen LogP contribution < -0.4 is 0 Å². The molecule has 0 saturated heterocycles. The van der Waals surface area contributed by atoms with Gasteiger partial charge < -0.3 is 0 Å². The first kappa shape index (κ1) is 32.6. The van der Waals surface area contributed by atoms with Crippen molar-refractivity contribution in [2.75, 3.05) is 0 Å². The average Bonchev–Trinajstić information content (AvgIpc) is 3.65. The van der Waals surface area contributed by atoms with Crippen molar-refractivity contribution in [2.45, 2.75) is 0 Å². The third-order valence-electron chi connectivity index (χ3n) is 10.1. The molecule has 3 nitrogen and oxygen atoms in total. The van der Waals surface area contributed by atoms with Gasteiger partial charge in [-0.25, -0.2) is 15.0 Å². The van der Waals surface area contributed by atoms with Crippen LogP contribution in [0.2, 0.25) is 0 Å². The van der Waals surface area contributed by atoms with Crippen LogP contribution in [0.5, 0.6) is 0 Å². The quantitative estimate of drug-likeness (QED) is 0.165. The van der Waals surface area contributed by atoms with Crippen LogP contribution in [0.4, 0.5) is 0 Å². The van der Waals surface area contributed by atoms with E-state index in [2.05, 4.69) is 170 Å². The van der Waals surface area contributed by atoms with Crippen molar-refractivity contribution in [3.63, 3.8) is 0 Å². The van der Waals surface area contributed by atoms with Crippen LogP contribution in [0.25, 0.3) is 98.8 Å². The monoisotopic (exact) mass is 719 g/mol. The summed E-state index contributed by atoms with van der Waals surface area (Å²) in [4.78, 5) is 15.1. The zero-order chi connectivity index (χ0) is 36.6. The molecule has 10 rings (SSSR count). The Bertz CT molecular complexity index is 2970. The van der Waals surface area contributed by atoms with E-state index in [1.165, 1.54) is 48.0 Å². The molecular formula is C51H33N3S. The fraction of sp³-hybridized carbons (Fsp3) is 0. The molecule has 0 N–H and O–H groups in total. The first-order valence-corrected chi connectivity index (χ1v) is 19.2. The predicted molar refractivity (Wildman–Crippen MR) is 231 cm³/mol. The van der Waals surface area contributed by atoms with Crippen molar-refractivity contribution in [2.24, 2.45) is 0 Å². The molecule has 10 aromatic rings. The second-order valence-corrected chi connectivity index (χ2v) is 14.8. The minimum atomic E-state index is 0.635. The highest BCUT2D eigenvalue weighted by molar-refractivity contribution is 7.25. The van der Waals surface area contributed by atoms with Gasteiger partial charge in [-0.3, -0.25) is 0 Å². The summed E-state index contributed by atoms with van der Waals surface area (Å²) < 4.78 is 2.62. The number of fused-ring (bicyclic) bond motifs is 3. The number of hydrogen-bond donors (Lipinski definition) is 0. The molecule has 2 heterocycles. The Morgan fingerprint density at radius 1 is 0.236 bits per heavy atom. The van der Waals surface area contributed by atoms with Gasteiger partial charge in [0, 0.05) is 36.9 Å². The molecule has 0 bridgehead atoms. The van der Waals surface area contributed by atoms with Crippen LogP contribution in [0, 0.1) is 0 Å². The van der Waals surface area contributed by atoms with E-state index in [0.29, 0.717) is 17.5 Å². The lowest BCUT2D eigenvalue weighted by Crippen LogP contribution is -2.00. The molecule has 258 valence electrons. The van der Waals surface area contributed by atoms with E-state index in [9.17, 15) is 0 Å². The highest BCUT2D eigenvalue weighted by Crippen LogP contribution is 2.37. The Morgan fingerprint density at radius 3 is 1.22 bits per heavy atom. The number of thiophene rings is 1. The lowest BCUT2D eigenvalue weighted by molar-refractivity contribution is 1.07. The van der Waals surface area contributed by atoms with E-state index < -0.39 is 0 Å². The van der Waals surface area contributed by atoms with Gasteiger partial charge in [0.05, 0.1) is 0 Å². The van der Waals surface area contributed by atoms with Crippen molar-refractivity contribution in [1.82, 2.24) is 15.0 Å². The first-order chi connectivity index (χ1) is 27.2. The van der Waals surface area contributed by atoms with E-state index in [1.807, 2.05) is 41.7 Å². The summed E-state index contributed by atoms with van der Waals surface area (Å²) in [6.07, 6.45) is 0. The Kier molecular flexibility index (Phi) is 8.36. The van der Waals surface area contributed by atoms with Gasteiger partial charge in [0.2, 0.25) is 0 Å². The van der Waals surface area contributed by atoms with Gasteiger partial charge in [-0.15, -0.1) is 11.3 Å². The van der Waals surface area contributed by atoms with Gasteiger partial charge in [-0.2, -0.15) is 0 Å². The van der Waals surface area contributed by atoms with E-state index in [1.54, 1.807) is 0 Å². The topological polar surface area (TPSA) is 38.7 Å². The Morgan fingerprint density at radius 2 is 0.600 bits per heavy atom. The number of nitrogens with zero attached hydrogens (tertiary/aromatic N) is 3. The highest BCUT2D eigenvalue weighted by Gasteiger charge is 2.14. The Hall–Kier alpha value is -7.01. The van der Waals surface area contributed by atoms with Gasteiger partial charge >= 0.3 is 0 Å². The molecule has 0 amide bonds. The molecule has 0 aliphatic carbocycles. The lowest BCUT2D eigenvalue weighted by atomic mass is 9.95. The number of rotatable bonds is 7. The first-order valence-electron chi connectivity index (χ1n) is 18.4. The Balaban J connectivity index is 1.00. The van der Waals surface area contributed by atoms with E-state index in [0.717, 1.165) is 33.4 Å². The molecule has 0 radical (unpaired) electrons. The van der Waals surface area contributed by atoms with Crippen LogP contribution >= 0.6 is 11.3 Å². The SMILES string of the molecule is c1ccc(-c2cccc(-c3cccc(-c4cccc(-c5nc(-c6ccccc6)nc(-c6ccc(-c7ccc8sc9ccccc9c8c7)cc6)n5)c4)c3)c2)cc1. The van der Waals surface area contributed by atoms with Crippen molar-refractivity contribution in [1.29, 1.82) is 0 Å². The number of benzene rings is 8. The molecule has 0 spiro atoms. The zero-order valence-electron chi connectivity index (χ0n) is 29.8. The normalized spacial score (nSPS) is 11.3. The minimum absolute atomic E-state index is 0.635. The summed E-state index contributed by atoms with van der Waals surface area (Å²) in [6.45, 7) is 0. The average molecular weight is 720 g/mol. The standard InChI is InChI=1S/C51H33N3S/c1-3-12-34(13-4-1)38-16-9-17-39(30-38)40-18-10-19-41(31-40)42-20-11-21-44(32-42)51-53-49(36-14-5-2-6-15-36)52-50(54-51)37-26-24-35(25-27-37)43-28-29-48-46(33-43)45-22-7-8-23-47(45)55-48/h1-33H. The van der Waals surface area contributed by atoms with Crippen LogP contribution in [-0.4, -0.2) is 15.0 Å². The van der Waals surface area contributed by atoms with Crippen LogP contribution in [0.15, 0.2) is 200 Å². The molecule has 2 aromatic heterocycles. The summed E-state index contributed by atoms with van der Waals surface area (Å²) >= 11 is 1.84. The maximum atomic E-state index is 5.09. The third kappa shape index (κ3) is 6.50. The van der Waals surface area contributed by atoms with Crippen LogP contribution in [0.1, 0.15) is 0 Å². The largest absolute Gasteiger partial charge is 0.208 e. The summed E-state index contributed by atoms with van der Waals surface area (Å²) in [5.41, 5.74) is 12.1. The summed E-state index contributed by atoms with van der Waals surface area (Å²) in [7, 11) is 0. The van der Waals surface area contributed by atoms with E-state index in [4.69, 9.17) is 15.0 Å². The molecule has 0 fully saturated rings. The van der Waals surface area contributed by atoms with Crippen molar-refractivity contribution < 1.29 is 0 Å². The fourth-order valence-electron chi connectivity index (χ4n) is 7.29. The molecule has 0 aliphatic heterocycles. The van der Waals surface area contributed by atoms with Crippen LogP contribution in [-0.2, 0) is 0 Å². The maximum Gasteiger partial charge on any atom is 0.164 e. The molecule has 0 unspecified atom stereocenters. The third-order valence-corrected chi connectivity index (χ3v) is 11.3. The smallest absolute Gasteiger partial charge is 0.164 e. The van der Waals surface area contributed by atoms with Crippen LogP contribution in [0.3, 0.4) is 0 Å². The number of aromatic nitrogens is 3. The van der Waals surface area contributed by atoms with Gasteiger partial charge in [0.25, 0.3) is 0 Å². The summed E-state index contributed by atoms with van der Waals surface area (Å²) in [6, 6.07) is 70.6. The van der Waals surface area contributed by atoms with Gasteiger partial charge in [-0.05, 0) is 80.9 Å². The van der Waals surface area contributed by atoms with Crippen molar-refractivity contribution in [3.8, 4) is 78.7 Å². The minimum Gasteiger partial charge on any atom is -0.208 e. The summed E-state index contributed by atoms with van der Waals surface area (Å²) in [5.74, 6) is 1.92. The fourth-order valence-corrected chi connectivity index (χ4v) is 8.38. The van der Waals surface area contributed by atoms with Gasteiger partial charge in [-0.1, -0.05) is 164 Å². The van der Waals surface area contributed by atoms with Gasteiger partial charge in [0.1, 0.15) is 0 Å². The van der Waals surface area contributed by atoms with Crippen molar-refractivity contribution in [3.05, 3.63) is 200 Å². The Labute approximate surface area is 323 Å². The molecule has 55 heavy (non-hydrogen) atoms. The molecular weight excluding hydrogens is 687 g/mol. The molecule has 0 atom stereocenters. The molecule has 8 aromatic carbocycles. The molecule has 0 saturated carbocycles. The molecule has 4 heteroatoms. The van der Waals surface area contributed by atoms with Crippen molar-refractivity contribution >= 4 is 31.5 Å². The lowest BCUT2D eigenvalue weighted by Gasteiger charge is -2.11. The highest BCUT2D eigenvalue weighted by atomic mass is 32.1. The second kappa shape index (κ2) is 14.1. The van der Waals surface area contributed by atoms with E-state index in [-0.39, 0.29) is 0 Å². The summed E-state index contributed by atoms with van der Waals surface area (Å²) in [5, 5.41) is 2.60. The molecule has 0 aliphatic rings. The second-order valence-electron chi connectivity index (χ2n) is 13.7. The van der Waals surface area contributed by atoms with Gasteiger partial charge in [0.15, 0.2) is 17.5 Å². The zero-order valence-corrected chi connectivity index (χ0v) is 30.6. The number of hydrogen-bond acceptors (Lipinski definition) is 4. The predicted octanol–water partition coefficient (Wildman–Crippen LogP) is 13.9.